The molecule has 6 heteroatoms. The molecule has 1 N–H and O–H groups in total. The number of ether oxygens (including phenoxy) is 1. The van der Waals surface area contributed by atoms with Crippen molar-refractivity contribution in [3.05, 3.63) is 16.0 Å². The second-order valence-corrected chi connectivity index (χ2v) is 8.71. The molecule has 0 spiro atoms. The fraction of sp³-hybridized carbons (Fsp3) is 0.700. The van der Waals surface area contributed by atoms with E-state index < -0.39 is 0 Å². The first kappa shape index (κ1) is 19.4. The number of carbonyl (C=O) groups excluding carboxylic acids is 2. The van der Waals surface area contributed by atoms with Gasteiger partial charge in [0.1, 0.15) is 5.00 Å². The number of hydrogen-bond donors (Lipinski definition) is 1. The lowest BCUT2D eigenvalue weighted by Crippen LogP contribution is -2.47. The Morgan fingerprint density at radius 1 is 1.12 bits per heavy atom. The van der Waals surface area contributed by atoms with Crippen molar-refractivity contribution < 1.29 is 14.3 Å². The van der Waals surface area contributed by atoms with Gasteiger partial charge in [0.2, 0.25) is 5.91 Å². The lowest BCUT2D eigenvalue weighted by molar-refractivity contribution is -0.118. The first-order valence-electron chi connectivity index (χ1n) is 9.79. The van der Waals surface area contributed by atoms with Crippen LogP contribution >= 0.6 is 11.3 Å². The molecule has 0 bridgehead atoms. The van der Waals surface area contributed by atoms with E-state index in [0.717, 1.165) is 44.1 Å². The number of amides is 1. The molecule has 1 aromatic rings. The zero-order chi connectivity index (χ0) is 18.7. The number of carbonyl (C=O) groups is 2. The number of piperidine rings is 1. The number of fused-ring (bicyclic) bond motifs is 1. The van der Waals surface area contributed by atoms with E-state index in [1.807, 2.05) is 0 Å². The molecule has 1 saturated heterocycles. The lowest BCUT2D eigenvalue weighted by atomic mass is 9.97. The summed E-state index contributed by atoms with van der Waals surface area (Å²) in [5, 5.41) is 3.70. The molecule has 144 valence electrons. The van der Waals surface area contributed by atoms with Gasteiger partial charge in [-0.25, -0.2) is 4.79 Å². The summed E-state index contributed by atoms with van der Waals surface area (Å²) in [7, 11) is 1.41. The molecule has 2 atom stereocenters. The third kappa shape index (κ3) is 4.12. The number of aryl methyl sites for hydroxylation is 1. The zero-order valence-electron chi connectivity index (χ0n) is 16.1. The van der Waals surface area contributed by atoms with Gasteiger partial charge in [-0.05, 0) is 57.9 Å². The maximum atomic E-state index is 12.7. The number of rotatable bonds is 4. The summed E-state index contributed by atoms with van der Waals surface area (Å²) in [6.45, 7) is 4.76. The van der Waals surface area contributed by atoms with Crippen molar-refractivity contribution in [3.63, 3.8) is 0 Å². The molecule has 1 amide bonds. The Bertz CT molecular complexity index is 660. The highest BCUT2D eigenvalue weighted by Gasteiger charge is 2.29. The van der Waals surface area contributed by atoms with Gasteiger partial charge in [0.25, 0.3) is 0 Å². The van der Waals surface area contributed by atoms with Crippen molar-refractivity contribution in [2.75, 3.05) is 19.0 Å². The molecule has 0 saturated carbocycles. The van der Waals surface area contributed by atoms with Gasteiger partial charge in [-0.2, -0.15) is 0 Å². The Kier molecular flexibility index (Phi) is 6.35. The summed E-state index contributed by atoms with van der Waals surface area (Å²) in [5.41, 5.74) is 1.68. The average molecular weight is 379 g/mol. The fourth-order valence-electron chi connectivity index (χ4n) is 4.27. The first-order chi connectivity index (χ1) is 12.5. The molecular formula is C20H30N2O3S. The van der Waals surface area contributed by atoms with E-state index in [1.165, 1.54) is 24.8 Å². The smallest absolute Gasteiger partial charge is 0.341 e. The second kappa shape index (κ2) is 8.53. The van der Waals surface area contributed by atoms with Crippen LogP contribution in [0, 0.1) is 0 Å². The molecule has 0 aromatic carbocycles. The molecule has 1 aromatic heterocycles. The van der Waals surface area contributed by atoms with Crippen LogP contribution in [0.2, 0.25) is 0 Å². The molecular weight excluding hydrogens is 348 g/mol. The van der Waals surface area contributed by atoms with Gasteiger partial charge in [-0.3, -0.25) is 9.69 Å². The van der Waals surface area contributed by atoms with E-state index in [4.69, 9.17) is 4.74 Å². The molecule has 2 heterocycles. The second-order valence-electron chi connectivity index (χ2n) is 7.61. The van der Waals surface area contributed by atoms with Crippen LogP contribution in [0.15, 0.2) is 0 Å². The van der Waals surface area contributed by atoms with Crippen LogP contribution in [0.5, 0.6) is 0 Å². The third-order valence-electron chi connectivity index (χ3n) is 5.77. The monoisotopic (exact) mass is 378 g/mol. The molecule has 3 rings (SSSR count). The van der Waals surface area contributed by atoms with Crippen LogP contribution in [0.3, 0.4) is 0 Å². The van der Waals surface area contributed by atoms with E-state index in [1.54, 1.807) is 11.3 Å². The van der Waals surface area contributed by atoms with Gasteiger partial charge < -0.3 is 10.1 Å². The summed E-state index contributed by atoms with van der Waals surface area (Å²) in [6, 6.07) is 0.842. The molecule has 26 heavy (non-hydrogen) atoms. The molecule has 5 nitrogen and oxygen atoms in total. The van der Waals surface area contributed by atoms with E-state index >= 15 is 0 Å². The Hall–Kier alpha value is -1.40. The van der Waals surface area contributed by atoms with E-state index in [-0.39, 0.29) is 11.9 Å². The predicted octanol–water partition coefficient (Wildman–Crippen LogP) is 4.01. The van der Waals surface area contributed by atoms with Crippen LogP contribution in [0.25, 0.3) is 0 Å². The number of anilines is 1. The quantitative estimate of drug-likeness (QED) is 0.635. The maximum Gasteiger partial charge on any atom is 0.341 e. The topological polar surface area (TPSA) is 58.6 Å². The summed E-state index contributed by atoms with van der Waals surface area (Å²) < 4.78 is 5.01. The van der Waals surface area contributed by atoms with Gasteiger partial charge in [0, 0.05) is 17.0 Å². The number of nitrogens with zero attached hydrogens (tertiary/aromatic N) is 1. The molecule has 2 aliphatic rings. The molecule has 0 radical (unpaired) electrons. The minimum atomic E-state index is -0.334. The highest BCUT2D eigenvalue weighted by molar-refractivity contribution is 7.17. The number of thiophene rings is 1. The van der Waals surface area contributed by atoms with Gasteiger partial charge in [0.05, 0.1) is 19.2 Å². The SMILES string of the molecule is COC(=O)c1c(NC(=O)CN2C(C)CCCC2C)sc2c1CCCCC2. The van der Waals surface area contributed by atoms with Gasteiger partial charge in [0.15, 0.2) is 0 Å². The Balaban J connectivity index is 1.78. The third-order valence-corrected chi connectivity index (χ3v) is 6.97. The molecule has 2 unspecified atom stereocenters. The zero-order valence-corrected chi connectivity index (χ0v) is 16.9. The van der Waals surface area contributed by atoms with Crippen molar-refractivity contribution in [1.29, 1.82) is 0 Å². The Morgan fingerprint density at radius 2 is 1.81 bits per heavy atom. The maximum absolute atomic E-state index is 12.7. The minimum Gasteiger partial charge on any atom is -0.465 e. The summed E-state index contributed by atoms with van der Waals surface area (Å²) >= 11 is 1.56. The number of methoxy groups -OCH3 is 1. The van der Waals surface area contributed by atoms with Crippen molar-refractivity contribution in [3.8, 4) is 0 Å². The highest BCUT2D eigenvalue weighted by atomic mass is 32.1. The fourth-order valence-corrected chi connectivity index (χ4v) is 5.56. The van der Waals surface area contributed by atoms with Gasteiger partial charge in [-0.15, -0.1) is 11.3 Å². The Labute approximate surface area is 160 Å². The number of hydrogen-bond acceptors (Lipinski definition) is 5. The van der Waals surface area contributed by atoms with Crippen LogP contribution in [0.4, 0.5) is 5.00 Å². The lowest BCUT2D eigenvalue weighted by Gasteiger charge is -2.38. The summed E-state index contributed by atoms with van der Waals surface area (Å²) in [6.07, 6.45) is 8.80. The summed E-state index contributed by atoms with van der Waals surface area (Å²) in [4.78, 5) is 28.6. The standard InChI is InChI=1S/C20H30N2O3S/c1-13-8-7-9-14(2)22(13)12-17(23)21-19-18(20(24)25-3)15-10-5-4-6-11-16(15)26-19/h13-14H,4-12H2,1-3H3,(H,21,23). The number of nitrogens with one attached hydrogen (secondary N) is 1. The van der Waals surface area contributed by atoms with Crippen LogP contribution in [-0.2, 0) is 22.4 Å². The number of likely N-dealkylation sites (tertiary alicyclic amines) is 1. The normalized spacial score (nSPS) is 23.8. The van der Waals surface area contributed by atoms with Crippen molar-refractivity contribution in [2.24, 2.45) is 0 Å². The van der Waals surface area contributed by atoms with Crippen molar-refractivity contribution >= 4 is 28.2 Å². The van der Waals surface area contributed by atoms with Crippen LogP contribution in [0.1, 0.15) is 73.2 Å². The molecule has 1 aliphatic heterocycles. The van der Waals surface area contributed by atoms with E-state index in [0.29, 0.717) is 29.2 Å². The predicted molar refractivity (Wildman–Crippen MR) is 105 cm³/mol. The van der Waals surface area contributed by atoms with Crippen LogP contribution < -0.4 is 5.32 Å². The average Bonchev–Trinajstić information content (AvgIpc) is 2.78. The summed E-state index contributed by atoms with van der Waals surface area (Å²) in [5.74, 6) is -0.369. The van der Waals surface area contributed by atoms with Gasteiger partial charge in [-0.1, -0.05) is 12.8 Å². The van der Waals surface area contributed by atoms with E-state index in [9.17, 15) is 9.59 Å². The van der Waals surface area contributed by atoms with Crippen LogP contribution in [-0.4, -0.2) is 42.5 Å². The van der Waals surface area contributed by atoms with Crippen molar-refractivity contribution in [1.82, 2.24) is 4.90 Å². The van der Waals surface area contributed by atoms with E-state index in [2.05, 4.69) is 24.1 Å². The van der Waals surface area contributed by atoms with Crippen molar-refractivity contribution in [2.45, 2.75) is 77.3 Å². The Morgan fingerprint density at radius 3 is 2.50 bits per heavy atom. The highest BCUT2D eigenvalue weighted by Crippen LogP contribution is 2.38. The van der Waals surface area contributed by atoms with Gasteiger partial charge >= 0.3 is 5.97 Å². The largest absolute Gasteiger partial charge is 0.465 e. The molecule has 1 aliphatic carbocycles. The molecule has 1 fully saturated rings. The number of esters is 1. The minimum absolute atomic E-state index is 0.0350. The first-order valence-corrected chi connectivity index (χ1v) is 10.6.